The largest absolute Gasteiger partial charge is 0.482 e. The van der Waals surface area contributed by atoms with Gasteiger partial charge in [0.05, 0.1) is 10.9 Å². The smallest absolute Gasteiger partial charge is 0.340 e. The first-order valence-corrected chi connectivity index (χ1v) is 10.2. The summed E-state index contributed by atoms with van der Waals surface area (Å²) in [5.74, 6) is 1.05. The first kappa shape index (κ1) is 19.4. The standard InChI is InChI=1S/C26H22O5/c1-14-12-19(27)21-22(29-14)17-10-11-26(3,4)31-23(17)20-15(2)18(25(28)30-24(20)21)13-16-8-6-5-7-9-16/h5-12H,13H2,1-4H3. The molecule has 0 N–H and O–H groups in total. The molecule has 0 saturated carbocycles. The van der Waals surface area contributed by atoms with Gasteiger partial charge in [-0.3, -0.25) is 4.79 Å². The number of hydrogen-bond acceptors (Lipinski definition) is 5. The van der Waals surface area contributed by atoms with Crippen LogP contribution in [0, 0.1) is 13.8 Å². The van der Waals surface area contributed by atoms with E-state index in [1.165, 1.54) is 6.07 Å². The van der Waals surface area contributed by atoms with E-state index in [1.807, 2.05) is 63.3 Å². The van der Waals surface area contributed by atoms with Crippen molar-refractivity contribution in [2.45, 2.75) is 39.7 Å². The van der Waals surface area contributed by atoms with Gasteiger partial charge in [-0.25, -0.2) is 4.79 Å². The molecule has 1 aliphatic rings. The molecule has 3 heterocycles. The van der Waals surface area contributed by atoms with E-state index in [-0.39, 0.29) is 16.4 Å². The SMILES string of the molecule is Cc1cc(=O)c2c(o1)c1c(c3c(C)c(Cc4ccccc4)c(=O)oc32)OC(C)(C)C=C1. The minimum absolute atomic E-state index is 0.216. The molecule has 156 valence electrons. The topological polar surface area (TPSA) is 69.7 Å². The van der Waals surface area contributed by atoms with Gasteiger partial charge in [-0.1, -0.05) is 30.3 Å². The summed E-state index contributed by atoms with van der Waals surface area (Å²) in [7, 11) is 0. The average Bonchev–Trinajstić information content (AvgIpc) is 2.70. The van der Waals surface area contributed by atoms with Crippen LogP contribution in [0.15, 0.2) is 60.9 Å². The Bertz CT molecular complexity index is 1500. The van der Waals surface area contributed by atoms with E-state index >= 15 is 0 Å². The van der Waals surface area contributed by atoms with Crippen molar-refractivity contribution in [2.75, 3.05) is 0 Å². The van der Waals surface area contributed by atoms with Gasteiger partial charge in [0, 0.05) is 18.1 Å². The summed E-state index contributed by atoms with van der Waals surface area (Å²) in [5, 5.41) is 0.903. The Balaban J connectivity index is 1.94. The third-order valence-corrected chi connectivity index (χ3v) is 5.75. The van der Waals surface area contributed by atoms with Crippen LogP contribution in [0.2, 0.25) is 0 Å². The van der Waals surface area contributed by atoms with Crippen LogP contribution < -0.4 is 15.8 Å². The lowest BCUT2D eigenvalue weighted by Gasteiger charge is -2.29. The Morgan fingerprint density at radius 1 is 0.935 bits per heavy atom. The zero-order chi connectivity index (χ0) is 21.9. The Kier molecular flexibility index (Phi) is 4.19. The lowest BCUT2D eigenvalue weighted by molar-refractivity contribution is 0.161. The van der Waals surface area contributed by atoms with Crippen LogP contribution in [0.25, 0.3) is 28.0 Å². The molecule has 0 radical (unpaired) electrons. The van der Waals surface area contributed by atoms with E-state index in [0.29, 0.717) is 40.0 Å². The zero-order valence-electron chi connectivity index (χ0n) is 17.9. The van der Waals surface area contributed by atoms with Crippen molar-refractivity contribution in [1.82, 2.24) is 0 Å². The lowest BCUT2D eigenvalue weighted by Crippen LogP contribution is -2.28. The quantitative estimate of drug-likeness (QED) is 0.329. The van der Waals surface area contributed by atoms with Crippen molar-refractivity contribution in [1.29, 1.82) is 0 Å². The molecule has 5 rings (SSSR count). The summed E-state index contributed by atoms with van der Waals surface area (Å²) in [6.45, 7) is 7.51. The van der Waals surface area contributed by atoms with Gasteiger partial charge in [0.25, 0.3) is 0 Å². The summed E-state index contributed by atoms with van der Waals surface area (Å²) in [4.78, 5) is 26.0. The summed E-state index contributed by atoms with van der Waals surface area (Å²) >= 11 is 0. The molecule has 4 aromatic rings. The van der Waals surface area contributed by atoms with Crippen LogP contribution in [0.4, 0.5) is 0 Å². The minimum Gasteiger partial charge on any atom is -0.482 e. The molecule has 0 bridgehead atoms. The fraction of sp³-hybridized carbons (Fsp3) is 0.231. The van der Waals surface area contributed by atoms with E-state index in [2.05, 4.69) is 0 Å². The second-order valence-corrected chi connectivity index (χ2v) is 8.57. The van der Waals surface area contributed by atoms with E-state index in [1.54, 1.807) is 6.92 Å². The first-order valence-electron chi connectivity index (χ1n) is 10.2. The maximum atomic E-state index is 13.0. The molecule has 31 heavy (non-hydrogen) atoms. The van der Waals surface area contributed by atoms with Crippen molar-refractivity contribution >= 4 is 28.0 Å². The minimum atomic E-state index is -0.556. The van der Waals surface area contributed by atoms with Crippen molar-refractivity contribution in [3.8, 4) is 5.75 Å². The van der Waals surface area contributed by atoms with Gasteiger partial charge in [0.15, 0.2) is 16.6 Å². The van der Waals surface area contributed by atoms with Crippen molar-refractivity contribution in [3.63, 3.8) is 0 Å². The van der Waals surface area contributed by atoms with Gasteiger partial charge < -0.3 is 13.6 Å². The van der Waals surface area contributed by atoms with E-state index < -0.39 is 11.2 Å². The molecule has 2 aromatic heterocycles. The average molecular weight is 414 g/mol. The Morgan fingerprint density at radius 3 is 2.42 bits per heavy atom. The van der Waals surface area contributed by atoms with Gasteiger partial charge in [-0.2, -0.15) is 0 Å². The fourth-order valence-electron chi connectivity index (χ4n) is 4.22. The molecule has 0 unspecified atom stereocenters. The van der Waals surface area contributed by atoms with Gasteiger partial charge >= 0.3 is 5.63 Å². The van der Waals surface area contributed by atoms with Gasteiger partial charge in [-0.15, -0.1) is 0 Å². The monoisotopic (exact) mass is 414 g/mol. The molecule has 0 atom stereocenters. The molecule has 2 aromatic carbocycles. The lowest BCUT2D eigenvalue weighted by atomic mass is 9.93. The summed E-state index contributed by atoms with van der Waals surface area (Å²) < 4.78 is 18.1. The van der Waals surface area contributed by atoms with Crippen LogP contribution in [0.5, 0.6) is 5.75 Å². The highest BCUT2D eigenvalue weighted by molar-refractivity contribution is 6.11. The number of benzene rings is 2. The second-order valence-electron chi connectivity index (χ2n) is 8.57. The normalized spacial score (nSPS) is 14.6. The Hall–Kier alpha value is -3.60. The number of ether oxygens (including phenoxy) is 1. The highest BCUT2D eigenvalue weighted by atomic mass is 16.5. The van der Waals surface area contributed by atoms with Gasteiger partial charge in [0.1, 0.15) is 22.5 Å². The van der Waals surface area contributed by atoms with Crippen molar-refractivity contribution in [2.24, 2.45) is 0 Å². The Labute approximate surface area is 178 Å². The summed E-state index contributed by atoms with van der Waals surface area (Å²) in [6.07, 6.45) is 4.28. The van der Waals surface area contributed by atoms with Crippen LogP contribution in [0.3, 0.4) is 0 Å². The van der Waals surface area contributed by atoms with Gasteiger partial charge in [-0.05, 0) is 51.0 Å². The molecule has 0 fully saturated rings. The molecule has 5 nitrogen and oxygen atoms in total. The maximum absolute atomic E-state index is 13.0. The number of hydrogen-bond donors (Lipinski definition) is 0. The van der Waals surface area contributed by atoms with Crippen LogP contribution in [-0.2, 0) is 6.42 Å². The molecule has 5 heteroatoms. The molecular formula is C26H22O5. The van der Waals surface area contributed by atoms with E-state index in [9.17, 15) is 9.59 Å². The maximum Gasteiger partial charge on any atom is 0.340 e. The molecule has 0 amide bonds. The number of aryl methyl sites for hydroxylation is 2. The predicted octanol–water partition coefficient (Wildman–Crippen LogP) is 5.29. The van der Waals surface area contributed by atoms with Crippen LogP contribution in [0.1, 0.15) is 41.9 Å². The second kappa shape index (κ2) is 6.71. The first-order chi connectivity index (χ1) is 14.7. The van der Waals surface area contributed by atoms with Crippen LogP contribution in [-0.4, -0.2) is 5.60 Å². The third-order valence-electron chi connectivity index (χ3n) is 5.75. The molecule has 0 saturated heterocycles. The summed E-state index contributed by atoms with van der Waals surface area (Å²) in [5.41, 5.74) is 2.31. The van der Waals surface area contributed by atoms with Gasteiger partial charge in [0.2, 0.25) is 0 Å². The van der Waals surface area contributed by atoms with E-state index in [4.69, 9.17) is 13.6 Å². The summed E-state index contributed by atoms with van der Waals surface area (Å²) in [6, 6.07) is 11.2. The predicted molar refractivity (Wildman–Crippen MR) is 121 cm³/mol. The van der Waals surface area contributed by atoms with E-state index in [0.717, 1.165) is 11.1 Å². The number of rotatable bonds is 2. The zero-order valence-corrected chi connectivity index (χ0v) is 17.9. The van der Waals surface area contributed by atoms with Crippen LogP contribution >= 0.6 is 0 Å². The Morgan fingerprint density at radius 2 is 1.68 bits per heavy atom. The van der Waals surface area contributed by atoms with Crippen molar-refractivity contribution < 1.29 is 13.6 Å². The molecular weight excluding hydrogens is 392 g/mol. The third kappa shape index (κ3) is 3.08. The number of fused-ring (bicyclic) bond motifs is 6. The highest BCUT2D eigenvalue weighted by Gasteiger charge is 2.30. The van der Waals surface area contributed by atoms with Crippen molar-refractivity contribution in [3.05, 3.63) is 91.1 Å². The molecule has 1 aliphatic heterocycles. The highest BCUT2D eigenvalue weighted by Crippen LogP contribution is 2.44. The fourth-order valence-corrected chi connectivity index (χ4v) is 4.22. The molecule has 0 aliphatic carbocycles. The molecule has 0 spiro atoms.